The van der Waals surface area contributed by atoms with Gasteiger partial charge in [0.1, 0.15) is 12.4 Å². The first-order chi connectivity index (χ1) is 13.6. The average molecular weight is 401 g/mol. The number of nitrogens with one attached hydrogen (secondary N) is 3. The van der Waals surface area contributed by atoms with Crippen molar-refractivity contribution in [2.75, 3.05) is 19.8 Å². The lowest BCUT2D eigenvalue weighted by Crippen LogP contribution is -2.49. The smallest absolute Gasteiger partial charge is 0.264 e. The van der Waals surface area contributed by atoms with Gasteiger partial charge in [-0.2, -0.15) is 0 Å². The van der Waals surface area contributed by atoms with E-state index in [1.165, 1.54) is 5.56 Å². The van der Waals surface area contributed by atoms with Crippen LogP contribution in [0.25, 0.3) is 0 Å². The van der Waals surface area contributed by atoms with Crippen molar-refractivity contribution >= 4 is 29.1 Å². The first-order valence-electron chi connectivity index (χ1n) is 8.83. The van der Waals surface area contributed by atoms with Crippen LogP contribution in [0.1, 0.15) is 22.8 Å². The lowest BCUT2D eigenvalue weighted by atomic mass is 10.2. The molecule has 0 aliphatic heterocycles. The summed E-state index contributed by atoms with van der Waals surface area (Å²) in [6.45, 7) is 2.67. The molecule has 0 aliphatic rings. The van der Waals surface area contributed by atoms with Gasteiger partial charge in [0.25, 0.3) is 11.8 Å². The molecule has 148 valence electrons. The minimum absolute atomic E-state index is 0.0157. The predicted molar refractivity (Wildman–Crippen MR) is 110 cm³/mol. The predicted octanol–water partition coefficient (Wildman–Crippen LogP) is 1.98. The number of hydrazine groups is 1. The lowest BCUT2D eigenvalue weighted by molar-refractivity contribution is -0.126. The first kappa shape index (κ1) is 21.3. The van der Waals surface area contributed by atoms with Gasteiger partial charge in [0.05, 0.1) is 6.61 Å². The van der Waals surface area contributed by atoms with Crippen molar-refractivity contribution in [2.45, 2.75) is 13.3 Å². The van der Waals surface area contributed by atoms with E-state index < -0.39 is 11.8 Å². The number of rotatable bonds is 8. The van der Waals surface area contributed by atoms with Gasteiger partial charge in [-0.3, -0.25) is 25.8 Å². The SMILES string of the molecule is CCOCC(=O)NNC(=S)NC(=O)c1ccc(OCCc2ccccc2)cc1. The Bertz CT molecular complexity index is 782. The van der Waals surface area contributed by atoms with E-state index >= 15 is 0 Å². The summed E-state index contributed by atoms with van der Waals surface area (Å²) in [6, 6.07) is 16.8. The summed E-state index contributed by atoms with van der Waals surface area (Å²) >= 11 is 4.97. The second-order valence-electron chi connectivity index (χ2n) is 5.70. The minimum Gasteiger partial charge on any atom is -0.493 e. The Balaban J connectivity index is 1.73. The molecule has 0 radical (unpaired) electrons. The zero-order valence-corrected chi connectivity index (χ0v) is 16.4. The fourth-order valence-electron chi connectivity index (χ4n) is 2.20. The van der Waals surface area contributed by atoms with Crippen LogP contribution in [-0.4, -0.2) is 36.7 Å². The van der Waals surface area contributed by atoms with Crippen molar-refractivity contribution in [1.82, 2.24) is 16.2 Å². The Morgan fingerprint density at radius 3 is 2.39 bits per heavy atom. The molecule has 0 bridgehead atoms. The van der Waals surface area contributed by atoms with Crippen LogP contribution in [0, 0.1) is 0 Å². The molecule has 0 saturated carbocycles. The average Bonchev–Trinajstić information content (AvgIpc) is 2.72. The van der Waals surface area contributed by atoms with E-state index in [0.717, 1.165) is 6.42 Å². The third kappa shape index (κ3) is 7.73. The molecule has 2 aromatic rings. The van der Waals surface area contributed by atoms with Gasteiger partial charge >= 0.3 is 0 Å². The summed E-state index contributed by atoms with van der Waals surface area (Å²) < 4.78 is 10.6. The van der Waals surface area contributed by atoms with Gasteiger partial charge in [-0.1, -0.05) is 30.3 Å². The normalized spacial score (nSPS) is 10.0. The molecule has 0 fully saturated rings. The number of amides is 2. The molecule has 0 atom stereocenters. The van der Waals surface area contributed by atoms with Crippen LogP contribution in [0.3, 0.4) is 0 Å². The molecule has 7 nitrogen and oxygen atoms in total. The quantitative estimate of drug-likeness (QED) is 0.463. The van der Waals surface area contributed by atoms with E-state index in [1.807, 2.05) is 30.3 Å². The molecule has 0 spiro atoms. The maximum atomic E-state index is 12.2. The monoisotopic (exact) mass is 401 g/mol. The van der Waals surface area contributed by atoms with E-state index in [0.29, 0.717) is 24.5 Å². The standard InChI is InChI=1S/C20H23N3O4S/c1-2-26-14-18(24)22-23-20(28)21-19(25)16-8-10-17(11-9-16)27-13-12-15-6-4-3-5-7-15/h3-11H,2,12-14H2,1H3,(H,22,24)(H2,21,23,25,28). The maximum absolute atomic E-state index is 12.2. The number of benzene rings is 2. The number of hydrogen-bond donors (Lipinski definition) is 3. The van der Waals surface area contributed by atoms with Gasteiger partial charge in [0, 0.05) is 18.6 Å². The van der Waals surface area contributed by atoms with Crippen molar-refractivity contribution in [2.24, 2.45) is 0 Å². The van der Waals surface area contributed by atoms with Crippen LogP contribution in [0.5, 0.6) is 5.75 Å². The van der Waals surface area contributed by atoms with Crippen molar-refractivity contribution in [3.63, 3.8) is 0 Å². The molecule has 0 saturated heterocycles. The highest BCUT2D eigenvalue weighted by Gasteiger charge is 2.09. The van der Waals surface area contributed by atoms with Gasteiger partial charge in [0.2, 0.25) is 0 Å². The van der Waals surface area contributed by atoms with Crippen LogP contribution in [-0.2, 0) is 16.0 Å². The lowest BCUT2D eigenvalue weighted by Gasteiger charge is -2.11. The van der Waals surface area contributed by atoms with Crippen molar-refractivity contribution < 1.29 is 19.1 Å². The summed E-state index contributed by atoms with van der Waals surface area (Å²) in [7, 11) is 0. The van der Waals surface area contributed by atoms with E-state index in [-0.39, 0.29) is 11.7 Å². The number of thiocarbonyl (C=S) groups is 1. The Morgan fingerprint density at radius 1 is 1.00 bits per heavy atom. The van der Waals surface area contributed by atoms with Crippen molar-refractivity contribution in [3.8, 4) is 5.75 Å². The number of hydrogen-bond acceptors (Lipinski definition) is 5. The number of carbonyl (C=O) groups excluding carboxylic acids is 2. The van der Waals surface area contributed by atoms with Gasteiger partial charge < -0.3 is 9.47 Å². The summed E-state index contributed by atoms with van der Waals surface area (Å²) in [4.78, 5) is 23.6. The molecule has 2 rings (SSSR count). The van der Waals surface area contributed by atoms with Crippen LogP contribution in [0.15, 0.2) is 54.6 Å². The maximum Gasteiger partial charge on any atom is 0.264 e. The third-order valence-electron chi connectivity index (χ3n) is 3.60. The van der Waals surface area contributed by atoms with Crippen LogP contribution < -0.4 is 20.9 Å². The second-order valence-corrected chi connectivity index (χ2v) is 6.11. The highest BCUT2D eigenvalue weighted by atomic mass is 32.1. The highest BCUT2D eigenvalue weighted by molar-refractivity contribution is 7.80. The molecule has 2 amide bonds. The molecule has 28 heavy (non-hydrogen) atoms. The highest BCUT2D eigenvalue weighted by Crippen LogP contribution is 2.13. The van der Waals surface area contributed by atoms with Gasteiger partial charge in [-0.15, -0.1) is 0 Å². The van der Waals surface area contributed by atoms with Crippen LogP contribution in [0.2, 0.25) is 0 Å². The third-order valence-corrected chi connectivity index (χ3v) is 3.80. The summed E-state index contributed by atoms with van der Waals surface area (Å²) in [5.74, 6) is -0.112. The molecule has 0 aliphatic carbocycles. The van der Waals surface area contributed by atoms with Gasteiger partial charge in [-0.25, -0.2) is 0 Å². The second kappa shape index (κ2) is 11.7. The van der Waals surface area contributed by atoms with Crippen LogP contribution in [0.4, 0.5) is 0 Å². The van der Waals surface area contributed by atoms with E-state index in [1.54, 1.807) is 31.2 Å². The summed E-state index contributed by atoms with van der Waals surface area (Å²) in [6.07, 6.45) is 0.804. The fourth-order valence-corrected chi connectivity index (χ4v) is 2.34. The molecular weight excluding hydrogens is 378 g/mol. The van der Waals surface area contributed by atoms with Crippen LogP contribution >= 0.6 is 12.2 Å². The van der Waals surface area contributed by atoms with E-state index in [9.17, 15) is 9.59 Å². The molecule has 0 aromatic heterocycles. The molecule has 8 heteroatoms. The first-order valence-corrected chi connectivity index (χ1v) is 9.24. The van der Waals surface area contributed by atoms with E-state index in [2.05, 4.69) is 16.2 Å². The molecule has 0 unspecified atom stereocenters. The number of ether oxygens (including phenoxy) is 2. The molecule has 3 N–H and O–H groups in total. The Morgan fingerprint density at radius 2 is 1.71 bits per heavy atom. The summed E-state index contributed by atoms with van der Waals surface area (Å²) in [5, 5.41) is 2.46. The number of carbonyl (C=O) groups is 2. The summed E-state index contributed by atoms with van der Waals surface area (Å²) in [5.41, 5.74) is 6.39. The van der Waals surface area contributed by atoms with Crippen molar-refractivity contribution in [3.05, 3.63) is 65.7 Å². The minimum atomic E-state index is -0.396. The zero-order valence-electron chi connectivity index (χ0n) is 15.6. The largest absolute Gasteiger partial charge is 0.493 e. The molecule has 2 aromatic carbocycles. The molecular formula is C20H23N3O4S. The van der Waals surface area contributed by atoms with Crippen molar-refractivity contribution in [1.29, 1.82) is 0 Å². The Labute approximate surface area is 169 Å². The Kier molecular flexibility index (Phi) is 8.90. The van der Waals surface area contributed by atoms with Gasteiger partial charge in [0.15, 0.2) is 5.11 Å². The van der Waals surface area contributed by atoms with E-state index in [4.69, 9.17) is 21.7 Å². The topological polar surface area (TPSA) is 88.7 Å². The zero-order chi connectivity index (χ0) is 20.2. The Hall–Kier alpha value is -2.97. The fraction of sp³-hybridized carbons (Fsp3) is 0.250. The van der Waals surface area contributed by atoms with Gasteiger partial charge in [-0.05, 0) is 49.0 Å². The molecule has 0 heterocycles.